The molecular weight excluding hydrogens is 370 g/mol. The molecule has 2 heterocycles. The minimum atomic E-state index is -3.28. The molecule has 1 aliphatic rings. The van der Waals surface area contributed by atoms with Gasteiger partial charge in [-0.05, 0) is 47.5 Å². The van der Waals surface area contributed by atoms with E-state index in [9.17, 15) is 13.2 Å². The van der Waals surface area contributed by atoms with E-state index in [0.717, 1.165) is 32.7 Å². The Hall–Kier alpha value is -2.64. The smallest absolute Gasteiger partial charge is 0.338 e. The lowest BCUT2D eigenvalue weighted by Crippen LogP contribution is -2.09. The van der Waals surface area contributed by atoms with E-state index >= 15 is 0 Å². The number of hydrogen-bond acceptors (Lipinski definition) is 5. The summed E-state index contributed by atoms with van der Waals surface area (Å²) in [5.41, 5.74) is 4.16. The van der Waals surface area contributed by atoms with E-state index in [1.807, 2.05) is 42.5 Å². The van der Waals surface area contributed by atoms with Gasteiger partial charge in [-0.2, -0.15) is 0 Å². The van der Waals surface area contributed by atoms with Crippen molar-refractivity contribution in [3.8, 4) is 20.9 Å². The van der Waals surface area contributed by atoms with Crippen molar-refractivity contribution in [2.45, 2.75) is 6.61 Å². The van der Waals surface area contributed by atoms with Gasteiger partial charge in [0.25, 0.3) is 0 Å². The van der Waals surface area contributed by atoms with Crippen molar-refractivity contribution in [1.29, 1.82) is 0 Å². The van der Waals surface area contributed by atoms with Gasteiger partial charge < -0.3 is 4.74 Å². The van der Waals surface area contributed by atoms with Crippen LogP contribution in [0.15, 0.2) is 54.6 Å². The van der Waals surface area contributed by atoms with Crippen molar-refractivity contribution in [2.75, 3.05) is 11.0 Å². The SMILES string of the molecule is CS(=O)(=O)Nc1ccc(-c2ccc(-c3ccc4c(c3)COC4=O)s2)cc1. The summed E-state index contributed by atoms with van der Waals surface area (Å²) in [7, 11) is -3.28. The zero-order valence-corrected chi connectivity index (χ0v) is 15.5. The summed E-state index contributed by atoms with van der Waals surface area (Å²) < 4.78 is 30.1. The molecule has 26 heavy (non-hydrogen) atoms. The third kappa shape index (κ3) is 3.36. The minimum absolute atomic E-state index is 0.263. The molecule has 0 unspecified atom stereocenters. The third-order valence-corrected chi connectivity index (χ3v) is 5.84. The summed E-state index contributed by atoms with van der Waals surface area (Å²) in [6, 6.07) is 17.1. The molecule has 0 aliphatic carbocycles. The van der Waals surface area contributed by atoms with Crippen LogP contribution in [-0.4, -0.2) is 20.6 Å². The molecule has 2 aromatic carbocycles. The monoisotopic (exact) mass is 385 g/mol. The van der Waals surface area contributed by atoms with E-state index in [2.05, 4.69) is 4.72 Å². The second-order valence-electron chi connectivity index (χ2n) is 6.06. The van der Waals surface area contributed by atoms with E-state index in [0.29, 0.717) is 17.9 Å². The average Bonchev–Trinajstić information content (AvgIpc) is 3.21. The number of fused-ring (bicyclic) bond motifs is 1. The number of sulfonamides is 1. The molecule has 4 rings (SSSR count). The molecule has 0 bridgehead atoms. The fourth-order valence-electron chi connectivity index (χ4n) is 2.85. The molecule has 0 radical (unpaired) electrons. The van der Waals surface area contributed by atoms with Crippen LogP contribution in [0, 0.1) is 0 Å². The van der Waals surface area contributed by atoms with Gasteiger partial charge in [0.2, 0.25) is 10.0 Å². The van der Waals surface area contributed by atoms with Gasteiger partial charge in [-0.25, -0.2) is 13.2 Å². The van der Waals surface area contributed by atoms with Gasteiger partial charge in [-0.3, -0.25) is 4.72 Å². The highest BCUT2D eigenvalue weighted by molar-refractivity contribution is 7.92. The highest BCUT2D eigenvalue weighted by Crippen LogP contribution is 2.36. The normalized spacial score (nSPS) is 13.3. The van der Waals surface area contributed by atoms with Gasteiger partial charge in [0.05, 0.1) is 11.8 Å². The molecule has 132 valence electrons. The number of cyclic esters (lactones) is 1. The fraction of sp³-hybridized carbons (Fsp3) is 0.105. The first kappa shape index (κ1) is 16.8. The summed E-state index contributed by atoms with van der Waals surface area (Å²) >= 11 is 1.64. The van der Waals surface area contributed by atoms with E-state index < -0.39 is 10.0 Å². The predicted octanol–water partition coefficient (Wildman–Crippen LogP) is 4.12. The number of thiophene rings is 1. The van der Waals surface area contributed by atoms with Gasteiger partial charge in [0.15, 0.2) is 0 Å². The molecule has 1 N–H and O–H groups in total. The van der Waals surface area contributed by atoms with Crippen LogP contribution in [0.25, 0.3) is 20.9 Å². The molecule has 1 aromatic heterocycles. The first-order chi connectivity index (χ1) is 12.4. The molecule has 0 amide bonds. The van der Waals surface area contributed by atoms with Crippen molar-refractivity contribution in [1.82, 2.24) is 0 Å². The summed E-state index contributed by atoms with van der Waals surface area (Å²) in [6.45, 7) is 0.328. The van der Waals surface area contributed by atoms with Crippen LogP contribution in [0.3, 0.4) is 0 Å². The maximum atomic E-state index is 11.6. The standard InChI is InChI=1S/C19H15NO4S2/c1-26(22,23)20-15-5-2-12(3-6-15)17-8-9-18(25-17)13-4-7-16-14(10-13)11-24-19(16)21/h2-10,20H,11H2,1H3. The Kier molecular flexibility index (Phi) is 4.05. The van der Waals surface area contributed by atoms with E-state index in [-0.39, 0.29) is 5.97 Å². The second kappa shape index (κ2) is 6.26. The van der Waals surface area contributed by atoms with Gasteiger partial charge in [-0.15, -0.1) is 11.3 Å². The fourth-order valence-corrected chi connectivity index (χ4v) is 4.42. The quantitative estimate of drug-likeness (QED) is 0.686. The van der Waals surface area contributed by atoms with Crippen molar-refractivity contribution in [3.05, 3.63) is 65.7 Å². The topological polar surface area (TPSA) is 72.5 Å². The number of carbonyl (C=O) groups is 1. The molecular formula is C19H15NO4S2. The highest BCUT2D eigenvalue weighted by atomic mass is 32.2. The summed E-state index contributed by atoms with van der Waals surface area (Å²) in [5.74, 6) is -0.263. The van der Waals surface area contributed by atoms with Crippen LogP contribution < -0.4 is 4.72 Å². The first-order valence-electron chi connectivity index (χ1n) is 7.87. The van der Waals surface area contributed by atoms with Crippen molar-refractivity contribution in [3.63, 3.8) is 0 Å². The molecule has 1 aliphatic heterocycles. The zero-order chi connectivity index (χ0) is 18.3. The maximum Gasteiger partial charge on any atom is 0.338 e. The average molecular weight is 385 g/mol. The third-order valence-electron chi connectivity index (χ3n) is 4.05. The minimum Gasteiger partial charge on any atom is -0.457 e. The van der Waals surface area contributed by atoms with Crippen molar-refractivity contribution < 1.29 is 17.9 Å². The number of hydrogen-bond donors (Lipinski definition) is 1. The molecule has 0 spiro atoms. The lowest BCUT2D eigenvalue weighted by molar-refractivity contribution is 0.0535. The van der Waals surface area contributed by atoms with Crippen LogP contribution in [0.2, 0.25) is 0 Å². The summed E-state index contributed by atoms with van der Waals surface area (Å²) in [5, 5.41) is 0. The Bertz CT molecular complexity index is 1100. The first-order valence-corrected chi connectivity index (χ1v) is 10.6. The molecule has 7 heteroatoms. The maximum absolute atomic E-state index is 11.6. The Morgan fingerprint density at radius 3 is 2.31 bits per heavy atom. The van der Waals surface area contributed by atoms with Crippen molar-refractivity contribution in [2.24, 2.45) is 0 Å². The largest absolute Gasteiger partial charge is 0.457 e. The summed E-state index contributed by atoms with van der Waals surface area (Å²) in [4.78, 5) is 13.7. The van der Waals surface area contributed by atoms with E-state index in [1.54, 1.807) is 23.5 Å². The second-order valence-corrected chi connectivity index (χ2v) is 8.90. The molecule has 0 saturated carbocycles. The van der Waals surface area contributed by atoms with Gasteiger partial charge in [0, 0.05) is 21.0 Å². The molecule has 5 nitrogen and oxygen atoms in total. The van der Waals surface area contributed by atoms with Crippen LogP contribution in [0.5, 0.6) is 0 Å². The molecule has 0 atom stereocenters. The van der Waals surface area contributed by atoms with Crippen LogP contribution >= 0.6 is 11.3 Å². The Balaban J connectivity index is 1.59. The number of ether oxygens (including phenoxy) is 1. The zero-order valence-electron chi connectivity index (χ0n) is 13.9. The Morgan fingerprint density at radius 1 is 0.962 bits per heavy atom. The molecule has 0 fully saturated rings. The van der Waals surface area contributed by atoms with E-state index in [4.69, 9.17) is 4.74 Å². The molecule has 3 aromatic rings. The highest BCUT2D eigenvalue weighted by Gasteiger charge is 2.21. The summed E-state index contributed by atoms with van der Waals surface area (Å²) in [6.07, 6.45) is 1.13. The lowest BCUT2D eigenvalue weighted by Gasteiger charge is -2.04. The predicted molar refractivity (Wildman–Crippen MR) is 103 cm³/mol. The van der Waals surface area contributed by atoms with Crippen LogP contribution in [0.4, 0.5) is 5.69 Å². The number of nitrogens with one attached hydrogen (secondary N) is 1. The van der Waals surface area contributed by atoms with Gasteiger partial charge in [0.1, 0.15) is 6.61 Å². The van der Waals surface area contributed by atoms with Gasteiger partial charge in [-0.1, -0.05) is 18.2 Å². The number of anilines is 1. The number of carbonyl (C=O) groups excluding carboxylic acids is 1. The lowest BCUT2D eigenvalue weighted by atomic mass is 10.1. The number of esters is 1. The Labute approximate surface area is 155 Å². The molecule has 0 saturated heterocycles. The Morgan fingerprint density at radius 2 is 1.62 bits per heavy atom. The van der Waals surface area contributed by atoms with Gasteiger partial charge >= 0.3 is 5.97 Å². The van der Waals surface area contributed by atoms with Crippen molar-refractivity contribution >= 4 is 33.0 Å². The van der Waals surface area contributed by atoms with Crippen LogP contribution in [0.1, 0.15) is 15.9 Å². The van der Waals surface area contributed by atoms with E-state index in [1.165, 1.54) is 0 Å². The number of rotatable bonds is 4. The van der Waals surface area contributed by atoms with Crippen LogP contribution in [-0.2, 0) is 21.4 Å². The number of benzene rings is 2.